The number of H-pyrrole nitrogens is 1. The lowest BCUT2D eigenvalue weighted by Gasteiger charge is -2.14. The average Bonchev–Trinajstić information content (AvgIpc) is 3.25. The molecule has 134 valence electrons. The number of methoxy groups -OCH3 is 1. The first kappa shape index (κ1) is 16.9. The molecule has 0 saturated carbocycles. The zero-order valence-corrected chi connectivity index (χ0v) is 15.3. The third-order valence-electron chi connectivity index (χ3n) is 4.22. The number of hydrogen-bond donors (Lipinski definition) is 1. The van der Waals surface area contributed by atoms with Crippen molar-refractivity contribution < 1.29 is 14.4 Å². The molecule has 26 heavy (non-hydrogen) atoms. The summed E-state index contributed by atoms with van der Waals surface area (Å²) in [5, 5.41) is 2.17. The van der Waals surface area contributed by atoms with Gasteiger partial charge < -0.3 is 14.6 Å². The van der Waals surface area contributed by atoms with E-state index in [1.54, 1.807) is 18.0 Å². The van der Waals surface area contributed by atoms with Gasteiger partial charge in [0.05, 0.1) is 23.3 Å². The zero-order chi connectivity index (χ0) is 18.1. The summed E-state index contributed by atoms with van der Waals surface area (Å²) in [6, 6.07) is 7.94. The van der Waals surface area contributed by atoms with Gasteiger partial charge in [-0.15, -0.1) is 0 Å². The van der Waals surface area contributed by atoms with Gasteiger partial charge in [-0.2, -0.15) is 5.06 Å². The molecule has 1 aromatic carbocycles. The van der Waals surface area contributed by atoms with Crippen LogP contribution in [0.25, 0.3) is 11.0 Å². The standard InChI is InChI=1S/C18H18N4O3S/c1-11-15(10-26-18-20-13-5-3-4-6-14(13)21-18)19-7-12-8-22(25-17(11)12)16(23)9-24-2/h3-7H,8-10H2,1-2H3,(H,20,21). The van der Waals surface area contributed by atoms with E-state index in [1.165, 1.54) is 12.2 Å². The lowest BCUT2D eigenvalue weighted by molar-refractivity contribution is -0.159. The number of amides is 1. The van der Waals surface area contributed by atoms with Crippen molar-refractivity contribution in [1.29, 1.82) is 0 Å². The van der Waals surface area contributed by atoms with Gasteiger partial charge >= 0.3 is 0 Å². The number of carbonyl (C=O) groups excluding carboxylic acids is 1. The van der Waals surface area contributed by atoms with Gasteiger partial charge in [-0.25, -0.2) is 4.98 Å². The number of fused-ring (bicyclic) bond motifs is 2. The molecule has 0 bridgehead atoms. The summed E-state index contributed by atoms with van der Waals surface area (Å²) in [7, 11) is 1.49. The monoisotopic (exact) mass is 370 g/mol. The Morgan fingerprint density at radius 2 is 2.27 bits per heavy atom. The Bertz CT molecular complexity index is 939. The number of hydroxylamine groups is 2. The fourth-order valence-electron chi connectivity index (χ4n) is 2.83. The molecule has 8 heteroatoms. The van der Waals surface area contributed by atoms with Crippen molar-refractivity contribution >= 4 is 28.7 Å². The Morgan fingerprint density at radius 3 is 3.08 bits per heavy atom. The van der Waals surface area contributed by atoms with Gasteiger partial charge in [0.15, 0.2) is 10.9 Å². The second kappa shape index (κ2) is 6.97. The third-order valence-corrected chi connectivity index (χ3v) is 5.10. The minimum atomic E-state index is -0.207. The van der Waals surface area contributed by atoms with E-state index in [4.69, 9.17) is 9.57 Å². The molecule has 0 aliphatic carbocycles. The minimum Gasteiger partial charge on any atom is -0.376 e. The first-order chi connectivity index (χ1) is 12.7. The van der Waals surface area contributed by atoms with Crippen molar-refractivity contribution in [3.05, 3.63) is 47.3 Å². The van der Waals surface area contributed by atoms with Gasteiger partial charge in [-0.3, -0.25) is 9.78 Å². The molecule has 0 unspecified atom stereocenters. The molecule has 1 amide bonds. The number of para-hydroxylation sites is 2. The molecule has 0 radical (unpaired) electrons. The van der Waals surface area contributed by atoms with Crippen LogP contribution in [-0.2, 0) is 21.8 Å². The number of benzene rings is 1. The Morgan fingerprint density at radius 1 is 1.42 bits per heavy atom. The fraction of sp³-hybridized carbons (Fsp3) is 0.278. The lowest BCUT2D eigenvalue weighted by atomic mass is 10.1. The van der Waals surface area contributed by atoms with Crippen molar-refractivity contribution in [3.8, 4) is 5.75 Å². The Labute approximate surface area is 154 Å². The van der Waals surface area contributed by atoms with E-state index >= 15 is 0 Å². The largest absolute Gasteiger partial charge is 0.376 e. The van der Waals surface area contributed by atoms with Crippen molar-refractivity contribution in [2.45, 2.75) is 24.4 Å². The first-order valence-electron chi connectivity index (χ1n) is 8.18. The van der Waals surface area contributed by atoms with E-state index in [9.17, 15) is 4.79 Å². The second-order valence-electron chi connectivity index (χ2n) is 5.99. The van der Waals surface area contributed by atoms with E-state index in [2.05, 4.69) is 15.0 Å². The van der Waals surface area contributed by atoms with Crippen LogP contribution in [0.5, 0.6) is 5.75 Å². The van der Waals surface area contributed by atoms with Crippen molar-refractivity contribution in [2.75, 3.05) is 13.7 Å². The van der Waals surface area contributed by atoms with Crippen LogP contribution >= 0.6 is 11.8 Å². The van der Waals surface area contributed by atoms with Gasteiger partial charge in [-0.1, -0.05) is 23.9 Å². The van der Waals surface area contributed by atoms with Crippen LogP contribution in [-0.4, -0.2) is 39.6 Å². The molecule has 0 saturated heterocycles. The normalized spacial score (nSPS) is 13.1. The van der Waals surface area contributed by atoms with Crippen molar-refractivity contribution in [3.63, 3.8) is 0 Å². The minimum absolute atomic E-state index is 0.00474. The Hall–Kier alpha value is -2.58. The number of hydrogen-bond acceptors (Lipinski definition) is 6. The van der Waals surface area contributed by atoms with Gasteiger partial charge in [0.1, 0.15) is 6.61 Å². The highest BCUT2D eigenvalue weighted by Crippen LogP contribution is 2.34. The number of aromatic amines is 1. The maximum Gasteiger partial charge on any atom is 0.281 e. The molecule has 4 rings (SSSR count). The van der Waals surface area contributed by atoms with Crippen LogP contribution in [0.4, 0.5) is 0 Å². The smallest absolute Gasteiger partial charge is 0.281 e. The summed E-state index contributed by atoms with van der Waals surface area (Å²) in [6.07, 6.45) is 1.77. The topological polar surface area (TPSA) is 80.3 Å². The number of rotatable bonds is 5. The van der Waals surface area contributed by atoms with Crippen LogP contribution in [0.2, 0.25) is 0 Å². The summed E-state index contributed by atoms with van der Waals surface area (Å²) in [5.41, 5.74) is 4.73. The molecule has 3 aromatic rings. The summed E-state index contributed by atoms with van der Waals surface area (Å²) < 4.78 is 4.88. The maximum absolute atomic E-state index is 11.9. The van der Waals surface area contributed by atoms with Crippen LogP contribution in [0.3, 0.4) is 0 Å². The van der Waals surface area contributed by atoms with Crippen molar-refractivity contribution in [2.24, 2.45) is 0 Å². The van der Waals surface area contributed by atoms with Crippen LogP contribution in [0.15, 0.2) is 35.6 Å². The molecule has 0 atom stereocenters. The molecular weight excluding hydrogens is 352 g/mol. The molecule has 1 aliphatic rings. The molecule has 7 nitrogen and oxygen atoms in total. The van der Waals surface area contributed by atoms with E-state index < -0.39 is 0 Å². The highest BCUT2D eigenvalue weighted by molar-refractivity contribution is 7.98. The highest BCUT2D eigenvalue weighted by atomic mass is 32.2. The number of thioether (sulfide) groups is 1. The quantitative estimate of drug-likeness (QED) is 0.696. The number of aromatic nitrogens is 3. The van der Waals surface area contributed by atoms with E-state index in [0.717, 1.165) is 33.0 Å². The average molecular weight is 370 g/mol. The molecule has 0 spiro atoms. The number of imidazole rings is 1. The molecular formula is C18H18N4O3S. The number of carbonyl (C=O) groups is 1. The van der Waals surface area contributed by atoms with Gasteiger partial charge in [0, 0.05) is 30.2 Å². The molecule has 1 N–H and O–H groups in total. The first-order valence-corrected chi connectivity index (χ1v) is 9.16. The number of pyridine rings is 1. The SMILES string of the molecule is COCC(=O)N1Cc2cnc(CSc3nc4ccccc4[nH]3)c(C)c2O1. The highest BCUT2D eigenvalue weighted by Gasteiger charge is 2.28. The predicted molar refractivity (Wildman–Crippen MR) is 97.7 cm³/mol. The number of nitrogens with zero attached hydrogens (tertiary/aromatic N) is 3. The summed E-state index contributed by atoms with van der Waals surface area (Å²) in [6.45, 7) is 2.35. The second-order valence-corrected chi connectivity index (χ2v) is 6.95. The van der Waals surface area contributed by atoms with Gasteiger partial charge in [0.2, 0.25) is 0 Å². The molecule has 0 fully saturated rings. The summed E-state index contributed by atoms with van der Waals surface area (Å²) in [5.74, 6) is 1.17. The van der Waals surface area contributed by atoms with Gasteiger partial charge in [-0.05, 0) is 19.1 Å². The number of ether oxygens (including phenoxy) is 1. The summed E-state index contributed by atoms with van der Waals surface area (Å²) >= 11 is 1.59. The van der Waals surface area contributed by atoms with Crippen LogP contribution in [0.1, 0.15) is 16.8 Å². The molecule has 2 aromatic heterocycles. The lowest BCUT2D eigenvalue weighted by Crippen LogP contribution is -2.32. The van der Waals surface area contributed by atoms with Crippen LogP contribution < -0.4 is 4.84 Å². The van der Waals surface area contributed by atoms with E-state index in [0.29, 0.717) is 18.0 Å². The Balaban J connectivity index is 1.49. The van der Waals surface area contributed by atoms with E-state index in [-0.39, 0.29) is 12.5 Å². The molecule has 3 heterocycles. The van der Waals surface area contributed by atoms with E-state index in [1.807, 2.05) is 31.2 Å². The third kappa shape index (κ3) is 3.13. The Kier molecular flexibility index (Phi) is 4.52. The predicted octanol–water partition coefficient (Wildman–Crippen LogP) is 2.84. The number of nitrogens with one attached hydrogen (secondary N) is 1. The zero-order valence-electron chi connectivity index (χ0n) is 14.5. The van der Waals surface area contributed by atoms with Crippen molar-refractivity contribution in [1.82, 2.24) is 20.0 Å². The van der Waals surface area contributed by atoms with Crippen LogP contribution in [0, 0.1) is 6.92 Å². The molecule has 1 aliphatic heterocycles. The van der Waals surface area contributed by atoms with Gasteiger partial charge in [0.25, 0.3) is 5.91 Å². The summed E-state index contributed by atoms with van der Waals surface area (Å²) in [4.78, 5) is 30.1. The maximum atomic E-state index is 11.9. The fourth-order valence-corrected chi connectivity index (χ4v) is 3.74.